The molecule has 0 fully saturated rings. The largest absolute Gasteiger partial charge is 1.00 e. The van der Waals surface area contributed by atoms with Gasteiger partial charge in [0.1, 0.15) is 0 Å². The van der Waals surface area contributed by atoms with Crippen LogP contribution >= 0.6 is 0 Å². The van der Waals surface area contributed by atoms with Crippen LogP contribution in [0.5, 0.6) is 0 Å². The number of rotatable bonds is 0. The van der Waals surface area contributed by atoms with Crippen LogP contribution in [-0.4, -0.2) is 13.8 Å². The molecule has 3 nitrogen and oxygen atoms in total. The molecule has 0 bridgehead atoms. The zero-order valence-corrected chi connectivity index (χ0v) is 6.43. The molecule has 0 aromatic carbocycles. The van der Waals surface area contributed by atoms with Crippen molar-refractivity contribution in [1.29, 1.82) is 5.26 Å². The van der Waals surface area contributed by atoms with Crippen molar-refractivity contribution in [1.82, 2.24) is 0 Å². The Kier molecular flexibility index (Phi) is 30.9. The fraction of sp³-hybridized carbons (Fsp3) is 0.333. The molecule has 0 aliphatic carbocycles. The summed E-state index contributed by atoms with van der Waals surface area (Å²) in [4.78, 5) is 9.22. The minimum absolute atomic E-state index is 0. The standard InChI is InChI=1S/C2H5NO.CH3BN.Na/c1-2(3)4;2-1-3;/h1H3,(H2,3,4);2H3;/q;-1;+1. The summed E-state index contributed by atoms with van der Waals surface area (Å²) >= 11 is 0. The Morgan fingerprint density at radius 1 is 1.88 bits per heavy atom. The van der Waals surface area contributed by atoms with Gasteiger partial charge in [-0.2, -0.15) is 5.97 Å². The third-order valence-electron chi connectivity index (χ3n) is 0. The Morgan fingerprint density at radius 2 is 1.88 bits per heavy atom. The first-order chi connectivity index (χ1) is 3.15. The number of amides is 1. The van der Waals surface area contributed by atoms with Crippen LogP contribution in [0.4, 0.5) is 0 Å². The zero-order chi connectivity index (χ0) is 6.28. The number of carbonyl (C=O) groups is 1. The summed E-state index contributed by atoms with van der Waals surface area (Å²) in [6.45, 7) is 1.31. The maximum Gasteiger partial charge on any atom is 1.00 e. The molecular formula is C3H8BN2NaO. The second-order valence-corrected chi connectivity index (χ2v) is 0.611. The summed E-state index contributed by atoms with van der Waals surface area (Å²) in [7, 11) is 0.0694. The summed E-state index contributed by atoms with van der Waals surface area (Å²) in [5.41, 5.74) is 4.47. The van der Waals surface area contributed by atoms with Gasteiger partial charge in [-0.15, -0.1) is 0 Å². The van der Waals surface area contributed by atoms with Crippen LogP contribution in [0.15, 0.2) is 0 Å². The molecule has 1 amide bonds. The van der Waals surface area contributed by atoms with E-state index in [4.69, 9.17) is 5.26 Å². The van der Waals surface area contributed by atoms with Gasteiger partial charge in [0.2, 0.25) is 5.91 Å². The van der Waals surface area contributed by atoms with Gasteiger partial charge >= 0.3 is 29.6 Å². The summed E-state index contributed by atoms with van der Waals surface area (Å²) in [6.07, 6.45) is 0. The number of primary amides is 1. The zero-order valence-electron chi connectivity index (χ0n) is 4.43. The van der Waals surface area contributed by atoms with Crippen LogP contribution in [0, 0.1) is 11.2 Å². The number of hydrogen-bond donors (Lipinski definition) is 1. The monoisotopic (exact) mass is 122 g/mol. The molecule has 0 radical (unpaired) electrons. The molecule has 0 aromatic rings. The predicted molar refractivity (Wildman–Crippen MR) is 30.4 cm³/mol. The molecule has 2 N–H and O–H groups in total. The van der Waals surface area contributed by atoms with E-state index >= 15 is 0 Å². The molecule has 0 rings (SSSR count). The molecule has 8 heavy (non-hydrogen) atoms. The SMILES string of the molecule is CC(N)=O.[BH3-]C#N.[Na+]. The second-order valence-electron chi connectivity index (χ2n) is 0.611. The quantitative estimate of drug-likeness (QED) is 0.328. The maximum atomic E-state index is 9.22. The fourth-order valence-corrected chi connectivity index (χ4v) is 0. The van der Waals surface area contributed by atoms with E-state index < -0.39 is 0 Å². The van der Waals surface area contributed by atoms with Crippen LogP contribution in [0.1, 0.15) is 6.92 Å². The maximum absolute atomic E-state index is 9.22. The Morgan fingerprint density at radius 3 is 1.88 bits per heavy atom. The summed E-state index contributed by atoms with van der Waals surface area (Å²) in [6, 6.07) is 0. The Balaban J connectivity index is -0.0000000575. The van der Waals surface area contributed by atoms with Gasteiger partial charge in [-0.05, 0) is 0 Å². The van der Waals surface area contributed by atoms with E-state index in [2.05, 4.69) is 5.73 Å². The third-order valence-corrected chi connectivity index (χ3v) is 0. The van der Waals surface area contributed by atoms with Crippen LogP contribution in [0.3, 0.4) is 0 Å². The van der Waals surface area contributed by atoms with Crippen molar-refractivity contribution in [2.24, 2.45) is 5.73 Å². The van der Waals surface area contributed by atoms with Gasteiger partial charge in [-0.25, -0.2) is 0 Å². The van der Waals surface area contributed by atoms with Crippen LogP contribution < -0.4 is 35.3 Å². The second kappa shape index (κ2) is 15.7. The van der Waals surface area contributed by atoms with Gasteiger partial charge in [0.25, 0.3) is 0 Å². The number of carbonyl (C=O) groups excluding carboxylic acids is 1. The van der Waals surface area contributed by atoms with Crippen LogP contribution in [0.2, 0.25) is 0 Å². The average Bonchev–Trinajstić information content (AvgIpc) is 1.33. The predicted octanol–water partition coefficient (Wildman–Crippen LogP) is -4.67. The first kappa shape index (κ1) is 15.7. The summed E-state index contributed by atoms with van der Waals surface area (Å²) < 4.78 is 0. The van der Waals surface area contributed by atoms with Gasteiger partial charge < -0.3 is 5.73 Å². The van der Waals surface area contributed by atoms with E-state index in [9.17, 15) is 4.79 Å². The molecule has 0 aliphatic rings. The molecule has 40 valence electrons. The molecule has 0 saturated heterocycles. The molecule has 0 unspecified atom stereocenters. The number of hydrogen-bond acceptors (Lipinski definition) is 2. The van der Waals surface area contributed by atoms with Gasteiger partial charge in [-0.3, -0.25) is 10.1 Å². The molecule has 0 aromatic heterocycles. The van der Waals surface area contributed by atoms with E-state index in [1.54, 1.807) is 0 Å². The van der Waals surface area contributed by atoms with Crippen LogP contribution in [0.25, 0.3) is 0 Å². The normalized spacial score (nSPS) is 4.12. The molecular weight excluding hydrogens is 114 g/mol. The van der Waals surface area contributed by atoms with Crippen molar-refractivity contribution in [3.8, 4) is 5.97 Å². The van der Waals surface area contributed by atoms with Crippen molar-refractivity contribution >= 4 is 13.8 Å². The molecule has 0 heterocycles. The Bertz CT molecular complexity index is 85.8. The third kappa shape index (κ3) is 245000. The van der Waals surface area contributed by atoms with Crippen molar-refractivity contribution in [2.75, 3.05) is 0 Å². The fourth-order valence-electron chi connectivity index (χ4n) is 0. The molecule has 0 atom stereocenters. The summed E-state index contributed by atoms with van der Waals surface area (Å²) in [5.74, 6) is 1.67. The van der Waals surface area contributed by atoms with Gasteiger partial charge in [0.05, 0.1) is 7.85 Å². The van der Waals surface area contributed by atoms with Crippen molar-refractivity contribution in [3.63, 3.8) is 0 Å². The minimum Gasteiger partial charge on any atom is -0.370 e. The van der Waals surface area contributed by atoms with Crippen LogP contribution in [-0.2, 0) is 4.79 Å². The Labute approximate surface area is 71.9 Å². The molecule has 0 aliphatic heterocycles. The number of nitriles is 1. The van der Waals surface area contributed by atoms with Gasteiger partial charge in [0, 0.05) is 6.92 Å². The average molecular weight is 122 g/mol. The molecule has 0 spiro atoms. The van der Waals surface area contributed by atoms with E-state index in [0.717, 1.165) is 0 Å². The van der Waals surface area contributed by atoms with Crippen molar-refractivity contribution in [2.45, 2.75) is 6.92 Å². The van der Waals surface area contributed by atoms with Gasteiger partial charge in [0.15, 0.2) is 0 Å². The van der Waals surface area contributed by atoms with E-state index in [-0.39, 0.29) is 43.3 Å². The first-order valence-electron chi connectivity index (χ1n) is 1.22. The first-order valence-corrected chi connectivity index (χ1v) is 1.22. The number of nitrogens with two attached hydrogens (primary N) is 1. The van der Waals surface area contributed by atoms with E-state index in [0.29, 0.717) is 0 Å². The Hall–Kier alpha value is 0.0249. The minimum atomic E-state index is -0.333. The van der Waals surface area contributed by atoms with E-state index in [1.807, 2.05) is 5.97 Å². The smallest absolute Gasteiger partial charge is 0.370 e. The van der Waals surface area contributed by atoms with Crippen molar-refractivity contribution in [3.05, 3.63) is 0 Å². The molecule has 0 saturated carbocycles. The molecule has 5 heteroatoms. The summed E-state index contributed by atoms with van der Waals surface area (Å²) in [5, 5.41) is 7.43. The number of nitrogens with zero attached hydrogens (tertiary/aromatic N) is 1. The topological polar surface area (TPSA) is 66.9 Å². The van der Waals surface area contributed by atoms with E-state index in [1.165, 1.54) is 6.92 Å². The van der Waals surface area contributed by atoms with Gasteiger partial charge in [-0.1, -0.05) is 0 Å². The van der Waals surface area contributed by atoms with Crippen molar-refractivity contribution < 1.29 is 34.4 Å².